The van der Waals surface area contributed by atoms with Gasteiger partial charge < -0.3 is 14.4 Å². The van der Waals surface area contributed by atoms with Gasteiger partial charge in [0.15, 0.2) is 0 Å². The van der Waals surface area contributed by atoms with E-state index < -0.39 is 10.0 Å². The fourth-order valence-corrected chi connectivity index (χ4v) is 5.78. The molecule has 0 radical (unpaired) electrons. The van der Waals surface area contributed by atoms with E-state index in [1.165, 1.54) is 15.4 Å². The molecule has 0 N–H and O–H groups in total. The highest BCUT2D eigenvalue weighted by Crippen LogP contribution is 2.23. The van der Waals surface area contributed by atoms with Gasteiger partial charge in [0.2, 0.25) is 15.9 Å². The number of hydrogen-bond donors (Lipinski definition) is 0. The Hall–Kier alpha value is -2.42. The summed E-state index contributed by atoms with van der Waals surface area (Å²) in [6, 6.07) is 13.1. The number of amides is 1. The minimum atomic E-state index is -3.49. The van der Waals surface area contributed by atoms with Gasteiger partial charge in [0.05, 0.1) is 18.1 Å². The van der Waals surface area contributed by atoms with Crippen molar-refractivity contribution >= 4 is 15.9 Å². The Kier molecular flexibility index (Phi) is 7.91. The predicted molar refractivity (Wildman–Crippen MR) is 130 cm³/mol. The number of carbonyl (C=O) groups is 1. The van der Waals surface area contributed by atoms with Gasteiger partial charge in [0.1, 0.15) is 11.9 Å². The maximum absolute atomic E-state index is 12.7. The maximum Gasteiger partial charge on any atom is 0.243 e. The summed E-state index contributed by atoms with van der Waals surface area (Å²) in [5.41, 5.74) is 3.43. The highest BCUT2D eigenvalue weighted by molar-refractivity contribution is 7.89. The molecule has 2 heterocycles. The van der Waals surface area contributed by atoms with Crippen molar-refractivity contribution in [3.8, 4) is 5.75 Å². The summed E-state index contributed by atoms with van der Waals surface area (Å²) >= 11 is 0. The lowest BCUT2D eigenvalue weighted by atomic mass is 10.1. The Morgan fingerprint density at radius 2 is 1.65 bits per heavy atom. The zero-order valence-electron chi connectivity index (χ0n) is 20.0. The molecule has 2 aliphatic rings. The lowest BCUT2D eigenvalue weighted by Gasteiger charge is -2.32. The van der Waals surface area contributed by atoms with Gasteiger partial charge in [0, 0.05) is 45.4 Å². The van der Waals surface area contributed by atoms with Crippen molar-refractivity contribution in [1.29, 1.82) is 0 Å². The molecule has 0 saturated carbocycles. The van der Waals surface area contributed by atoms with Crippen molar-refractivity contribution in [1.82, 2.24) is 9.21 Å². The van der Waals surface area contributed by atoms with Gasteiger partial charge in [-0.15, -0.1) is 0 Å². The first-order valence-electron chi connectivity index (χ1n) is 12.0. The summed E-state index contributed by atoms with van der Waals surface area (Å²) < 4.78 is 38.3. The van der Waals surface area contributed by atoms with Crippen LogP contribution in [0.4, 0.5) is 0 Å². The van der Waals surface area contributed by atoms with Crippen molar-refractivity contribution in [2.24, 2.45) is 0 Å². The van der Waals surface area contributed by atoms with E-state index in [0.29, 0.717) is 52.2 Å². The standard InChI is InChI=1S/C26H34N2O5S/c1-20-3-7-24(19-21(20)2)33-23-11-13-27(14-12-23)26(29)10-6-22-4-8-25(9-5-22)34(30,31)28-15-17-32-18-16-28/h3-5,7-9,19,23H,6,10-18H2,1-2H3. The Morgan fingerprint density at radius 1 is 0.971 bits per heavy atom. The SMILES string of the molecule is Cc1ccc(OC2CCN(C(=O)CCc3ccc(S(=O)(=O)N4CCOCC4)cc3)CC2)cc1C. The van der Waals surface area contributed by atoms with Crippen molar-refractivity contribution in [3.05, 3.63) is 59.2 Å². The molecule has 0 spiro atoms. The van der Waals surface area contributed by atoms with Crippen molar-refractivity contribution in [3.63, 3.8) is 0 Å². The monoisotopic (exact) mass is 486 g/mol. The van der Waals surface area contributed by atoms with Gasteiger partial charge in [-0.05, 0) is 61.2 Å². The molecular weight excluding hydrogens is 452 g/mol. The number of ether oxygens (including phenoxy) is 2. The Balaban J connectivity index is 1.23. The highest BCUT2D eigenvalue weighted by atomic mass is 32.2. The minimum absolute atomic E-state index is 0.132. The first-order chi connectivity index (χ1) is 16.3. The Bertz CT molecular complexity index is 1090. The van der Waals surface area contributed by atoms with Gasteiger partial charge in [0.25, 0.3) is 0 Å². The van der Waals surface area contributed by atoms with Crippen LogP contribution in [0.1, 0.15) is 36.0 Å². The second-order valence-corrected chi connectivity index (χ2v) is 11.0. The number of morpholine rings is 1. The number of sulfonamides is 1. The van der Waals surface area contributed by atoms with Crippen LogP contribution in [0.2, 0.25) is 0 Å². The van der Waals surface area contributed by atoms with Gasteiger partial charge in [-0.1, -0.05) is 18.2 Å². The molecule has 8 heteroatoms. The maximum atomic E-state index is 12.7. The number of carbonyl (C=O) groups excluding carboxylic acids is 1. The molecule has 2 fully saturated rings. The molecule has 0 bridgehead atoms. The van der Waals surface area contributed by atoms with Crippen LogP contribution in [-0.2, 0) is 26.0 Å². The van der Waals surface area contributed by atoms with E-state index in [1.54, 1.807) is 12.1 Å². The van der Waals surface area contributed by atoms with Gasteiger partial charge in [-0.25, -0.2) is 8.42 Å². The summed E-state index contributed by atoms with van der Waals surface area (Å²) in [5.74, 6) is 1.03. The van der Waals surface area contributed by atoms with E-state index in [4.69, 9.17) is 9.47 Å². The van der Waals surface area contributed by atoms with Gasteiger partial charge in [-0.2, -0.15) is 4.31 Å². The lowest BCUT2D eigenvalue weighted by Crippen LogP contribution is -2.41. The van der Waals surface area contributed by atoms with Gasteiger partial charge >= 0.3 is 0 Å². The molecule has 7 nitrogen and oxygen atoms in total. The molecule has 2 saturated heterocycles. The number of likely N-dealkylation sites (tertiary alicyclic amines) is 1. The minimum Gasteiger partial charge on any atom is -0.490 e. The molecule has 184 valence electrons. The van der Waals surface area contributed by atoms with E-state index in [0.717, 1.165) is 24.2 Å². The number of rotatable bonds is 7. The van der Waals surface area contributed by atoms with Crippen molar-refractivity contribution in [2.45, 2.75) is 50.5 Å². The second-order valence-electron chi connectivity index (χ2n) is 9.10. The van der Waals surface area contributed by atoms with Crippen LogP contribution in [0.25, 0.3) is 0 Å². The average molecular weight is 487 g/mol. The fourth-order valence-electron chi connectivity index (χ4n) is 4.38. The number of piperidine rings is 1. The smallest absolute Gasteiger partial charge is 0.243 e. The average Bonchev–Trinajstić information content (AvgIpc) is 2.86. The largest absolute Gasteiger partial charge is 0.490 e. The molecule has 2 aromatic carbocycles. The van der Waals surface area contributed by atoms with E-state index in [9.17, 15) is 13.2 Å². The van der Waals surface area contributed by atoms with Crippen LogP contribution >= 0.6 is 0 Å². The quantitative estimate of drug-likeness (QED) is 0.600. The molecule has 0 aromatic heterocycles. The van der Waals surface area contributed by atoms with E-state index in [2.05, 4.69) is 26.0 Å². The molecule has 0 aliphatic carbocycles. The van der Waals surface area contributed by atoms with Crippen LogP contribution in [0.5, 0.6) is 5.75 Å². The van der Waals surface area contributed by atoms with Crippen molar-refractivity contribution < 1.29 is 22.7 Å². The molecule has 0 atom stereocenters. The zero-order valence-corrected chi connectivity index (χ0v) is 20.9. The first kappa shape index (κ1) is 24.7. The highest BCUT2D eigenvalue weighted by Gasteiger charge is 2.26. The zero-order chi connectivity index (χ0) is 24.1. The van der Waals surface area contributed by atoms with E-state index >= 15 is 0 Å². The van der Waals surface area contributed by atoms with E-state index in [-0.39, 0.29) is 16.9 Å². The second kappa shape index (κ2) is 10.9. The summed E-state index contributed by atoms with van der Waals surface area (Å²) in [5, 5.41) is 0. The third-order valence-electron chi connectivity index (χ3n) is 6.73. The molecule has 2 aromatic rings. The number of aryl methyl sites for hydroxylation is 3. The van der Waals surface area contributed by atoms with Crippen LogP contribution in [0.3, 0.4) is 0 Å². The normalized spacial score (nSPS) is 18.1. The number of benzene rings is 2. The number of hydrogen-bond acceptors (Lipinski definition) is 5. The fraction of sp³-hybridized carbons (Fsp3) is 0.500. The molecule has 34 heavy (non-hydrogen) atoms. The van der Waals surface area contributed by atoms with Crippen LogP contribution < -0.4 is 4.74 Å². The topological polar surface area (TPSA) is 76.2 Å². The molecule has 4 rings (SSSR count). The number of nitrogens with zero attached hydrogens (tertiary/aromatic N) is 2. The summed E-state index contributed by atoms with van der Waals surface area (Å²) in [4.78, 5) is 14.9. The lowest BCUT2D eigenvalue weighted by molar-refractivity contribution is -0.132. The molecule has 0 unspecified atom stereocenters. The Labute approximate surface area is 202 Å². The molecular formula is C26H34N2O5S. The van der Waals surface area contributed by atoms with Crippen LogP contribution in [-0.4, -0.2) is 69.0 Å². The first-order valence-corrected chi connectivity index (χ1v) is 13.5. The van der Waals surface area contributed by atoms with E-state index in [1.807, 2.05) is 23.1 Å². The molecule has 1 amide bonds. The van der Waals surface area contributed by atoms with Crippen LogP contribution in [0.15, 0.2) is 47.4 Å². The molecule has 2 aliphatic heterocycles. The van der Waals surface area contributed by atoms with Crippen molar-refractivity contribution in [2.75, 3.05) is 39.4 Å². The third kappa shape index (κ3) is 5.98. The van der Waals surface area contributed by atoms with Crippen LogP contribution in [0, 0.1) is 13.8 Å². The van der Waals surface area contributed by atoms with Gasteiger partial charge in [-0.3, -0.25) is 4.79 Å². The third-order valence-corrected chi connectivity index (χ3v) is 8.65. The Morgan fingerprint density at radius 3 is 2.29 bits per heavy atom. The summed E-state index contributed by atoms with van der Waals surface area (Å²) in [6.45, 7) is 7.18. The predicted octanol–water partition coefficient (Wildman–Crippen LogP) is 3.33. The summed E-state index contributed by atoms with van der Waals surface area (Å²) in [7, 11) is -3.49. The summed E-state index contributed by atoms with van der Waals surface area (Å²) in [6.07, 6.45) is 2.79.